The van der Waals surface area contributed by atoms with Gasteiger partial charge in [-0.15, -0.1) is 0 Å². The Bertz CT molecular complexity index is 911. The lowest BCUT2D eigenvalue weighted by Gasteiger charge is -2.28. The molecule has 3 aromatic rings. The summed E-state index contributed by atoms with van der Waals surface area (Å²) in [7, 11) is 0. The molecular weight excluding hydrogens is 350 g/mol. The first-order chi connectivity index (χ1) is 13.8. The molecule has 1 aliphatic rings. The molecule has 1 aliphatic heterocycles. The number of carbonyl (C=O) groups excluding carboxylic acids is 1. The van der Waals surface area contributed by atoms with Crippen LogP contribution in [0.4, 0.5) is 0 Å². The first-order valence-electron chi connectivity index (χ1n) is 9.57. The Kier molecular flexibility index (Phi) is 5.57. The van der Waals surface area contributed by atoms with E-state index >= 15 is 0 Å². The molecule has 0 aromatic heterocycles. The molecule has 0 radical (unpaired) electrons. The smallest absolute Gasteiger partial charge is 0.265 e. The maximum atomic E-state index is 12.9. The summed E-state index contributed by atoms with van der Waals surface area (Å²) >= 11 is 0. The molecule has 4 heteroatoms. The van der Waals surface area contributed by atoms with E-state index in [4.69, 9.17) is 9.47 Å². The molecule has 4 rings (SSSR count). The zero-order chi connectivity index (χ0) is 19.2. The van der Waals surface area contributed by atoms with Gasteiger partial charge in [0.2, 0.25) is 6.10 Å². The molecule has 0 aliphatic carbocycles. The highest BCUT2D eigenvalue weighted by molar-refractivity contribution is 5.82. The molecule has 0 saturated heterocycles. The van der Waals surface area contributed by atoms with E-state index in [1.165, 1.54) is 5.56 Å². The van der Waals surface area contributed by atoms with E-state index in [9.17, 15) is 4.79 Å². The molecule has 1 amide bonds. The quantitative estimate of drug-likeness (QED) is 0.700. The number of aryl methyl sites for hydroxylation is 1. The van der Waals surface area contributed by atoms with Gasteiger partial charge in [-0.05, 0) is 36.1 Å². The lowest BCUT2D eigenvalue weighted by molar-refractivity contribution is -0.131. The predicted molar refractivity (Wildman–Crippen MR) is 108 cm³/mol. The Morgan fingerprint density at radius 1 is 0.893 bits per heavy atom. The first-order valence-corrected chi connectivity index (χ1v) is 9.57. The van der Waals surface area contributed by atoms with Crippen LogP contribution in [0.2, 0.25) is 0 Å². The van der Waals surface area contributed by atoms with Crippen LogP contribution in [0, 0.1) is 0 Å². The van der Waals surface area contributed by atoms with Gasteiger partial charge in [-0.2, -0.15) is 0 Å². The highest BCUT2D eigenvalue weighted by Crippen LogP contribution is 2.31. The Balaban J connectivity index is 1.45. The third-order valence-electron chi connectivity index (χ3n) is 4.88. The van der Waals surface area contributed by atoms with Gasteiger partial charge in [0.1, 0.15) is 6.61 Å². The molecule has 0 fully saturated rings. The van der Waals surface area contributed by atoms with Crippen molar-refractivity contribution >= 4 is 5.91 Å². The molecule has 0 spiro atoms. The third-order valence-corrected chi connectivity index (χ3v) is 4.88. The zero-order valence-electron chi connectivity index (χ0n) is 15.6. The van der Waals surface area contributed by atoms with Gasteiger partial charge in [0.25, 0.3) is 5.91 Å². The van der Waals surface area contributed by atoms with E-state index in [2.05, 4.69) is 17.4 Å². The fourth-order valence-corrected chi connectivity index (χ4v) is 3.38. The summed E-state index contributed by atoms with van der Waals surface area (Å²) in [6.45, 7) is 0.211. The van der Waals surface area contributed by atoms with E-state index in [0.717, 1.165) is 18.4 Å². The van der Waals surface area contributed by atoms with Crippen molar-refractivity contribution in [1.82, 2.24) is 5.32 Å². The molecular formula is C24H23NO3. The molecule has 142 valence electrons. The van der Waals surface area contributed by atoms with Gasteiger partial charge < -0.3 is 14.8 Å². The van der Waals surface area contributed by atoms with Crippen LogP contribution in [0.5, 0.6) is 11.5 Å². The largest absolute Gasteiger partial charge is 0.485 e. The van der Waals surface area contributed by atoms with Crippen LogP contribution in [0.3, 0.4) is 0 Å². The molecule has 1 N–H and O–H groups in total. The topological polar surface area (TPSA) is 47.6 Å². The maximum Gasteiger partial charge on any atom is 0.265 e. The standard InChI is InChI=1S/C24H23NO3/c26-24(23-17-27-21-13-7-8-14-22(21)28-23)25-20(19-11-5-2-6-12-19)16-15-18-9-3-1-4-10-18/h1-14,20,23H,15-17H2,(H,25,26). The average Bonchev–Trinajstić information content (AvgIpc) is 2.77. The summed E-state index contributed by atoms with van der Waals surface area (Å²) in [5.41, 5.74) is 2.34. The number of para-hydroxylation sites is 2. The van der Waals surface area contributed by atoms with Crippen molar-refractivity contribution < 1.29 is 14.3 Å². The average molecular weight is 373 g/mol. The van der Waals surface area contributed by atoms with E-state index in [1.54, 1.807) is 0 Å². The number of hydrogen-bond donors (Lipinski definition) is 1. The summed E-state index contributed by atoms with van der Waals surface area (Å²) in [4.78, 5) is 12.9. The lowest BCUT2D eigenvalue weighted by atomic mass is 9.98. The Morgan fingerprint density at radius 3 is 2.29 bits per heavy atom. The molecule has 3 aromatic carbocycles. The van der Waals surface area contributed by atoms with Gasteiger partial charge >= 0.3 is 0 Å². The summed E-state index contributed by atoms with van der Waals surface area (Å²) in [6, 6.07) is 27.7. The van der Waals surface area contributed by atoms with Gasteiger partial charge in [-0.1, -0.05) is 72.8 Å². The van der Waals surface area contributed by atoms with E-state index in [0.29, 0.717) is 11.5 Å². The minimum atomic E-state index is -0.655. The number of rotatable bonds is 6. The Labute approximate surface area is 165 Å². The number of hydrogen-bond acceptors (Lipinski definition) is 3. The molecule has 0 bridgehead atoms. The highest BCUT2D eigenvalue weighted by atomic mass is 16.6. The maximum absolute atomic E-state index is 12.9. The summed E-state index contributed by atoms with van der Waals surface area (Å²) < 4.78 is 11.5. The SMILES string of the molecule is O=C(NC(CCc1ccccc1)c1ccccc1)C1COc2ccccc2O1. The van der Waals surface area contributed by atoms with Gasteiger partial charge in [-0.3, -0.25) is 4.79 Å². The number of fused-ring (bicyclic) bond motifs is 1. The van der Waals surface area contributed by atoms with Crippen LogP contribution in [0.25, 0.3) is 0 Å². The van der Waals surface area contributed by atoms with Crippen molar-refractivity contribution in [3.8, 4) is 11.5 Å². The molecule has 2 unspecified atom stereocenters. The Hall–Kier alpha value is -3.27. The number of amides is 1. The van der Waals surface area contributed by atoms with Gasteiger partial charge in [-0.25, -0.2) is 0 Å². The van der Waals surface area contributed by atoms with Crippen LogP contribution < -0.4 is 14.8 Å². The first kappa shape index (κ1) is 18.1. The fourth-order valence-electron chi connectivity index (χ4n) is 3.38. The summed E-state index contributed by atoms with van der Waals surface area (Å²) in [5.74, 6) is 1.13. The monoisotopic (exact) mass is 373 g/mol. The van der Waals surface area contributed by atoms with Crippen molar-refractivity contribution in [3.63, 3.8) is 0 Å². The number of ether oxygens (including phenoxy) is 2. The lowest BCUT2D eigenvalue weighted by Crippen LogP contribution is -2.45. The van der Waals surface area contributed by atoms with Gasteiger partial charge in [0, 0.05) is 0 Å². The highest BCUT2D eigenvalue weighted by Gasteiger charge is 2.29. The summed E-state index contributed by atoms with van der Waals surface area (Å²) in [6.07, 6.45) is 1.04. The van der Waals surface area contributed by atoms with Crippen molar-refractivity contribution in [2.75, 3.05) is 6.61 Å². The van der Waals surface area contributed by atoms with Crippen molar-refractivity contribution in [2.24, 2.45) is 0 Å². The second kappa shape index (κ2) is 8.61. The minimum Gasteiger partial charge on any atom is -0.485 e. The van der Waals surface area contributed by atoms with Gasteiger partial charge in [0.05, 0.1) is 6.04 Å². The van der Waals surface area contributed by atoms with Crippen molar-refractivity contribution in [3.05, 3.63) is 96.1 Å². The van der Waals surface area contributed by atoms with E-state index < -0.39 is 6.10 Å². The van der Waals surface area contributed by atoms with E-state index in [1.807, 2.05) is 72.8 Å². The molecule has 0 saturated carbocycles. The number of benzene rings is 3. The fraction of sp³-hybridized carbons (Fsp3) is 0.208. The van der Waals surface area contributed by atoms with Crippen LogP contribution in [-0.2, 0) is 11.2 Å². The van der Waals surface area contributed by atoms with Gasteiger partial charge in [0.15, 0.2) is 11.5 Å². The predicted octanol–water partition coefficient (Wildman–Crippen LogP) is 4.32. The van der Waals surface area contributed by atoms with Crippen LogP contribution in [-0.4, -0.2) is 18.6 Å². The normalized spacial score (nSPS) is 16.2. The third kappa shape index (κ3) is 4.34. The zero-order valence-corrected chi connectivity index (χ0v) is 15.6. The molecule has 2 atom stereocenters. The summed E-state index contributed by atoms with van der Waals surface area (Å²) in [5, 5.41) is 3.16. The van der Waals surface area contributed by atoms with Crippen LogP contribution in [0.1, 0.15) is 23.6 Å². The molecule has 1 heterocycles. The van der Waals surface area contributed by atoms with Crippen LogP contribution >= 0.6 is 0 Å². The molecule has 28 heavy (non-hydrogen) atoms. The number of nitrogens with one attached hydrogen (secondary N) is 1. The van der Waals surface area contributed by atoms with Crippen LogP contribution in [0.15, 0.2) is 84.9 Å². The van der Waals surface area contributed by atoms with E-state index in [-0.39, 0.29) is 18.6 Å². The second-order valence-electron chi connectivity index (χ2n) is 6.86. The number of carbonyl (C=O) groups is 1. The van der Waals surface area contributed by atoms with Crippen molar-refractivity contribution in [2.45, 2.75) is 25.0 Å². The minimum absolute atomic E-state index is 0.0883. The second-order valence-corrected chi connectivity index (χ2v) is 6.86. The Morgan fingerprint density at radius 2 is 1.54 bits per heavy atom. The van der Waals surface area contributed by atoms with Crippen molar-refractivity contribution in [1.29, 1.82) is 0 Å². The molecule has 4 nitrogen and oxygen atoms in total.